The van der Waals surface area contributed by atoms with Gasteiger partial charge in [-0.25, -0.2) is 4.79 Å². The molecule has 0 aromatic heterocycles. The third-order valence-corrected chi connectivity index (χ3v) is 1.80. The molecule has 1 aromatic rings. The van der Waals surface area contributed by atoms with Crippen molar-refractivity contribution in [3.63, 3.8) is 0 Å². The molecule has 0 aliphatic heterocycles. The number of benzene rings is 1. The van der Waals surface area contributed by atoms with Crippen molar-refractivity contribution < 1.29 is 9.53 Å². The van der Waals surface area contributed by atoms with E-state index in [1.54, 1.807) is 0 Å². The molecule has 1 aromatic carbocycles. The van der Waals surface area contributed by atoms with Gasteiger partial charge in [0.2, 0.25) is 0 Å². The Balaban J connectivity index is 2.73. The molecule has 0 aliphatic rings. The van der Waals surface area contributed by atoms with Gasteiger partial charge in [-0.15, -0.1) is 0 Å². The monoisotopic (exact) mass is 179 g/mol. The van der Waals surface area contributed by atoms with Crippen molar-refractivity contribution >= 4 is 6.09 Å². The molecule has 3 heteroatoms. The molecule has 0 bridgehead atoms. The first-order chi connectivity index (χ1) is 6.24. The van der Waals surface area contributed by atoms with Crippen LogP contribution in [0.25, 0.3) is 0 Å². The topological polar surface area (TPSA) is 52.3 Å². The van der Waals surface area contributed by atoms with E-state index in [1.165, 1.54) is 0 Å². The van der Waals surface area contributed by atoms with Crippen LogP contribution in [0.15, 0.2) is 30.3 Å². The Hall–Kier alpha value is -1.51. The number of carbonyl (C=O) groups is 1. The predicted octanol–water partition coefficient (Wildman–Crippen LogP) is 2.23. The Morgan fingerprint density at radius 3 is 2.54 bits per heavy atom. The summed E-state index contributed by atoms with van der Waals surface area (Å²) in [6, 6.07) is 9.55. The fourth-order valence-corrected chi connectivity index (χ4v) is 1.19. The molecule has 3 nitrogen and oxygen atoms in total. The van der Waals surface area contributed by atoms with Gasteiger partial charge in [-0.1, -0.05) is 37.3 Å². The van der Waals surface area contributed by atoms with Crippen LogP contribution in [0.2, 0.25) is 0 Å². The molecule has 0 heterocycles. The lowest BCUT2D eigenvalue weighted by Gasteiger charge is -2.14. The van der Waals surface area contributed by atoms with Crippen LogP contribution in [0.1, 0.15) is 25.0 Å². The SMILES string of the molecule is CCC(OC(N)=O)c1ccccc1. The summed E-state index contributed by atoms with van der Waals surface area (Å²) in [4.78, 5) is 10.5. The van der Waals surface area contributed by atoms with E-state index in [9.17, 15) is 4.79 Å². The minimum Gasteiger partial charge on any atom is -0.442 e. The van der Waals surface area contributed by atoms with E-state index in [-0.39, 0.29) is 6.10 Å². The lowest BCUT2D eigenvalue weighted by atomic mass is 10.1. The number of ether oxygens (including phenoxy) is 1. The van der Waals surface area contributed by atoms with Crippen molar-refractivity contribution in [3.8, 4) is 0 Å². The Labute approximate surface area is 77.5 Å². The van der Waals surface area contributed by atoms with Crippen LogP contribution in [-0.4, -0.2) is 6.09 Å². The van der Waals surface area contributed by atoms with E-state index in [1.807, 2.05) is 37.3 Å². The van der Waals surface area contributed by atoms with Gasteiger partial charge in [0, 0.05) is 0 Å². The zero-order chi connectivity index (χ0) is 9.68. The first-order valence-corrected chi connectivity index (χ1v) is 4.25. The van der Waals surface area contributed by atoms with E-state index in [0.29, 0.717) is 0 Å². The second-order valence-electron chi connectivity index (χ2n) is 2.74. The van der Waals surface area contributed by atoms with Crippen molar-refractivity contribution in [1.29, 1.82) is 0 Å². The first-order valence-electron chi connectivity index (χ1n) is 4.25. The normalized spacial score (nSPS) is 12.1. The third-order valence-electron chi connectivity index (χ3n) is 1.80. The maximum Gasteiger partial charge on any atom is 0.405 e. The molecule has 1 unspecified atom stereocenters. The Morgan fingerprint density at radius 2 is 2.08 bits per heavy atom. The largest absolute Gasteiger partial charge is 0.442 e. The summed E-state index contributed by atoms with van der Waals surface area (Å²) < 4.78 is 4.92. The fourth-order valence-electron chi connectivity index (χ4n) is 1.19. The fraction of sp³-hybridized carbons (Fsp3) is 0.300. The van der Waals surface area contributed by atoms with E-state index in [4.69, 9.17) is 10.5 Å². The van der Waals surface area contributed by atoms with Crippen molar-refractivity contribution in [1.82, 2.24) is 0 Å². The molecule has 0 fully saturated rings. The minimum atomic E-state index is -0.726. The summed E-state index contributed by atoms with van der Waals surface area (Å²) in [5.41, 5.74) is 5.92. The zero-order valence-electron chi connectivity index (χ0n) is 7.57. The van der Waals surface area contributed by atoms with Crippen LogP contribution in [0, 0.1) is 0 Å². The van der Waals surface area contributed by atoms with Gasteiger partial charge in [0.05, 0.1) is 0 Å². The van der Waals surface area contributed by atoms with Crippen molar-refractivity contribution in [2.45, 2.75) is 19.4 Å². The van der Waals surface area contributed by atoms with Crippen molar-refractivity contribution in [2.75, 3.05) is 0 Å². The second kappa shape index (κ2) is 4.50. The molecule has 13 heavy (non-hydrogen) atoms. The van der Waals surface area contributed by atoms with Crippen LogP contribution >= 0.6 is 0 Å². The molecule has 70 valence electrons. The Morgan fingerprint density at radius 1 is 1.46 bits per heavy atom. The van der Waals surface area contributed by atoms with Gasteiger partial charge in [-0.3, -0.25) is 0 Å². The van der Waals surface area contributed by atoms with E-state index >= 15 is 0 Å². The second-order valence-corrected chi connectivity index (χ2v) is 2.74. The van der Waals surface area contributed by atoms with Crippen LogP contribution in [0.4, 0.5) is 4.79 Å². The molecule has 1 atom stereocenters. The summed E-state index contributed by atoms with van der Waals surface area (Å²) >= 11 is 0. The molecule has 0 spiro atoms. The van der Waals surface area contributed by atoms with Crippen LogP contribution in [0.3, 0.4) is 0 Å². The number of amides is 1. The number of primary amides is 1. The number of carbonyl (C=O) groups excluding carboxylic acids is 1. The Bertz CT molecular complexity index is 272. The quantitative estimate of drug-likeness (QED) is 0.773. The third kappa shape index (κ3) is 2.78. The van der Waals surface area contributed by atoms with Gasteiger partial charge in [0.15, 0.2) is 0 Å². The summed E-state index contributed by atoms with van der Waals surface area (Å²) in [7, 11) is 0. The first kappa shape index (κ1) is 9.58. The molecular weight excluding hydrogens is 166 g/mol. The smallest absolute Gasteiger partial charge is 0.405 e. The summed E-state index contributed by atoms with van der Waals surface area (Å²) in [6.07, 6.45) is -0.221. The van der Waals surface area contributed by atoms with Gasteiger partial charge < -0.3 is 10.5 Å². The summed E-state index contributed by atoms with van der Waals surface area (Å²) in [5.74, 6) is 0. The summed E-state index contributed by atoms with van der Waals surface area (Å²) in [6.45, 7) is 1.95. The zero-order valence-corrected chi connectivity index (χ0v) is 7.57. The van der Waals surface area contributed by atoms with Crippen molar-refractivity contribution in [3.05, 3.63) is 35.9 Å². The van der Waals surface area contributed by atoms with Crippen LogP contribution < -0.4 is 5.73 Å². The minimum absolute atomic E-state index is 0.223. The Kier molecular flexibility index (Phi) is 3.31. The maximum atomic E-state index is 10.5. The highest BCUT2D eigenvalue weighted by molar-refractivity contribution is 5.65. The van der Waals surface area contributed by atoms with E-state index in [2.05, 4.69) is 0 Å². The lowest BCUT2D eigenvalue weighted by molar-refractivity contribution is 0.104. The standard InChI is InChI=1S/C10H13NO2/c1-2-9(13-10(11)12)8-6-4-3-5-7-8/h3-7,9H,2H2,1H3,(H2,11,12). The van der Waals surface area contributed by atoms with Crippen LogP contribution in [-0.2, 0) is 4.74 Å². The number of hydrogen-bond donors (Lipinski definition) is 1. The average molecular weight is 179 g/mol. The predicted molar refractivity (Wildman–Crippen MR) is 50.1 cm³/mol. The highest BCUT2D eigenvalue weighted by Gasteiger charge is 2.11. The van der Waals surface area contributed by atoms with Crippen LogP contribution in [0.5, 0.6) is 0 Å². The molecule has 1 amide bonds. The molecule has 2 N–H and O–H groups in total. The van der Waals surface area contributed by atoms with Gasteiger partial charge in [-0.05, 0) is 12.0 Å². The highest BCUT2D eigenvalue weighted by atomic mass is 16.6. The van der Waals surface area contributed by atoms with Gasteiger partial charge in [0.1, 0.15) is 6.10 Å². The molecule has 0 aliphatic carbocycles. The molecule has 0 radical (unpaired) electrons. The molecule has 1 rings (SSSR count). The molecule has 0 saturated carbocycles. The van der Waals surface area contributed by atoms with Gasteiger partial charge in [-0.2, -0.15) is 0 Å². The average Bonchev–Trinajstić information content (AvgIpc) is 2.15. The van der Waals surface area contributed by atoms with E-state index < -0.39 is 6.09 Å². The van der Waals surface area contributed by atoms with Crippen molar-refractivity contribution in [2.24, 2.45) is 5.73 Å². The summed E-state index contributed by atoms with van der Waals surface area (Å²) in [5, 5.41) is 0. The number of rotatable bonds is 3. The maximum absolute atomic E-state index is 10.5. The highest BCUT2D eigenvalue weighted by Crippen LogP contribution is 2.19. The van der Waals surface area contributed by atoms with Gasteiger partial charge in [0.25, 0.3) is 0 Å². The molecule has 0 saturated heterocycles. The lowest BCUT2D eigenvalue weighted by Crippen LogP contribution is -2.16. The number of hydrogen-bond acceptors (Lipinski definition) is 2. The van der Waals surface area contributed by atoms with E-state index in [0.717, 1.165) is 12.0 Å². The van der Waals surface area contributed by atoms with Gasteiger partial charge >= 0.3 is 6.09 Å². The number of nitrogens with two attached hydrogens (primary N) is 1. The molecular formula is C10H13NO2.